The summed E-state index contributed by atoms with van der Waals surface area (Å²) in [6.07, 6.45) is 0. The monoisotopic (exact) mass is 392 g/mol. The highest BCUT2D eigenvalue weighted by atomic mass is 35.5. The summed E-state index contributed by atoms with van der Waals surface area (Å²) in [5.41, 5.74) is 1.54. The second-order valence-electron chi connectivity index (χ2n) is 5.59. The summed E-state index contributed by atoms with van der Waals surface area (Å²) >= 11 is 9.02. The predicted molar refractivity (Wildman–Crippen MR) is 102 cm³/mol. The minimum Gasteiger partial charge on any atom is -0.360 e. The van der Waals surface area contributed by atoms with Crippen LogP contribution in [-0.4, -0.2) is 23.0 Å². The Hall–Kier alpha value is -1.76. The van der Waals surface area contributed by atoms with Crippen LogP contribution < -0.4 is 0 Å². The molecule has 0 atom stereocenters. The van der Waals surface area contributed by atoms with Gasteiger partial charge in [-0.25, -0.2) is 0 Å². The topological polar surface area (TPSA) is 46.3 Å². The lowest BCUT2D eigenvalue weighted by Crippen LogP contribution is -2.26. The van der Waals surface area contributed by atoms with Crippen molar-refractivity contribution in [2.45, 2.75) is 24.1 Å². The van der Waals surface area contributed by atoms with Gasteiger partial charge in [-0.3, -0.25) is 4.79 Å². The van der Waals surface area contributed by atoms with Gasteiger partial charge in [0.05, 0.1) is 27.9 Å². The van der Waals surface area contributed by atoms with Crippen LogP contribution in [0.4, 0.5) is 0 Å². The summed E-state index contributed by atoms with van der Waals surface area (Å²) in [5.74, 6) is 1.42. The number of hydrogen-bond acceptors (Lipinski definition) is 5. The molecule has 2 heterocycles. The minimum absolute atomic E-state index is 0.0126. The molecule has 0 saturated carbocycles. The van der Waals surface area contributed by atoms with Crippen molar-refractivity contribution in [1.82, 2.24) is 10.1 Å². The number of benzene rings is 1. The molecule has 0 spiro atoms. The molecule has 1 amide bonds. The van der Waals surface area contributed by atoms with E-state index in [1.807, 2.05) is 49.4 Å². The molecule has 3 aromatic rings. The summed E-state index contributed by atoms with van der Waals surface area (Å²) in [4.78, 5) is 16.5. The number of carbonyl (C=O) groups excluding carboxylic acids is 1. The third-order valence-electron chi connectivity index (χ3n) is 3.53. The lowest BCUT2D eigenvalue weighted by atomic mass is 10.2. The van der Waals surface area contributed by atoms with Crippen LogP contribution in [-0.2, 0) is 12.3 Å². The van der Waals surface area contributed by atoms with Crippen LogP contribution in [0.25, 0.3) is 0 Å². The fourth-order valence-corrected chi connectivity index (χ4v) is 4.41. The van der Waals surface area contributed by atoms with Crippen molar-refractivity contribution in [2.24, 2.45) is 0 Å². The van der Waals surface area contributed by atoms with Gasteiger partial charge in [0.1, 0.15) is 5.76 Å². The third kappa shape index (κ3) is 4.66. The number of rotatable bonds is 6. The first-order valence-corrected chi connectivity index (χ1v) is 9.84. The number of thiophene rings is 1. The minimum atomic E-state index is -0.0126. The molecule has 0 aliphatic heterocycles. The lowest BCUT2D eigenvalue weighted by Gasteiger charge is -2.18. The van der Waals surface area contributed by atoms with Crippen molar-refractivity contribution in [2.75, 3.05) is 7.05 Å². The van der Waals surface area contributed by atoms with Gasteiger partial charge in [0, 0.05) is 22.9 Å². The van der Waals surface area contributed by atoms with Crippen molar-refractivity contribution in [1.29, 1.82) is 0 Å². The van der Waals surface area contributed by atoms with Crippen molar-refractivity contribution in [3.05, 3.63) is 68.7 Å². The molecule has 0 N–H and O–H groups in total. The molecule has 0 unspecified atom stereocenters. The number of hydrogen-bond donors (Lipinski definition) is 0. The molecule has 1 aromatic carbocycles. The molecule has 0 radical (unpaired) electrons. The molecule has 0 fully saturated rings. The largest absolute Gasteiger partial charge is 0.360 e. The van der Waals surface area contributed by atoms with Gasteiger partial charge in [0.25, 0.3) is 5.91 Å². The third-order valence-corrected chi connectivity index (χ3v) is 5.84. The molecule has 0 aliphatic rings. The summed E-state index contributed by atoms with van der Waals surface area (Å²) in [6.45, 7) is 2.43. The van der Waals surface area contributed by atoms with Crippen LogP contribution in [0, 0.1) is 6.92 Å². The number of amides is 1. The standard InChI is InChI=1S/C18H17ClN2O2S2/c1-12-9-13(23-20-12)11-24-16-6-4-3-5-15(16)18(22)21(2)10-14-7-8-17(19)25-14/h3-9H,10-11H2,1-2H3. The fourth-order valence-electron chi connectivity index (χ4n) is 2.35. The second kappa shape index (κ2) is 8.08. The Kier molecular flexibility index (Phi) is 5.83. The molecule has 25 heavy (non-hydrogen) atoms. The van der Waals surface area contributed by atoms with Gasteiger partial charge in [-0.2, -0.15) is 0 Å². The molecule has 4 nitrogen and oxygen atoms in total. The molecular formula is C18H17ClN2O2S2. The molecule has 0 saturated heterocycles. The maximum atomic E-state index is 12.8. The van der Waals surface area contributed by atoms with E-state index in [1.54, 1.807) is 23.7 Å². The Balaban J connectivity index is 1.71. The van der Waals surface area contributed by atoms with Crippen LogP contribution >= 0.6 is 34.7 Å². The first-order chi connectivity index (χ1) is 12.0. The average molecular weight is 393 g/mol. The maximum absolute atomic E-state index is 12.8. The van der Waals surface area contributed by atoms with E-state index in [0.29, 0.717) is 17.9 Å². The number of aryl methyl sites for hydroxylation is 1. The van der Waals surface area contributed by atoms with E-state index in [-0.39, 0.29) is 5.91 Å². The first-order valence-electron chi connectivity index (χ1n) is 7.66. The van der Waals surface area contributed by atoms with Crippen molar-refractivity contribution in [3.63, 3.8) is 0 Å². The molecule has 130 valence electrons. The van der Waals surface area contributed by atoms with E-state index in [4.69, 9.17) is 16.1 Å². The van der Waals surface area contributed by atoms with Gasteiger partial charge in [0.2, 0.25) is 0 Å². The van der Waals surface area contributed by atoms with E-state index in [0.717, 1.165) is 25.6 Å². The SMILES string of the molecule is Cc1cc(CSc2ccccc2C(=O)N(C)Cc2ccc(Cl)s2)on1. The number of nitrogens with zero attached hydrogens (tertiary/aromatic N) is 2. The zero-order valence-electron chi connectivity index (χ0n) is 13.9. The van der Waals surface area contributed by atoms with Gasteiger partial charge >= 0.3 is 0 Å². The van der Waals surface area contributed by atoms with E-state index in [9.17, 15) is 4.79 Å². The molecule has 3 rings (SSSR count). The zero-order valence-corrected chi connectivity index (χ0v) is 16.2. The smallest absolute Gasteiger partial charge is 0.255 e. The Morgan fingerprint density at radius 3 is 2.80 bits per heavy atom. The highest BCUT2D eigenvalue weighted by molar-refractivity contribution is 7.98. The lowest BCUT2D eigenvalue weighted by molar-refractivity contribution is 0.0783. The van der Waals surface area contributed by atoms with Gasteiger partial charge < -0.3 is 9.42 Å². The number of carbonyl (C=O) groups is 1. The van der Waals surface area contributed by atoms with E-state index >= 15 is 0 Å². The van der Waals surface area contributed by atoms with Crippen molar-refractivity contribution < 1.29 is 9.32 Å². The summed E-state index contributed by atoms with van der Waals surface area (Å²) in [7, 11) is 1.80. The normalized spacial score (nSPS) is 10.8. The first kappa shape index (κ1) is 18.0. The number of thioether (sulfide) groups is 1. The van der Waals surface area contributed by atoms with Crippen LogP contribution in [0.5, 0.6) is 0 Å². The molecule has 2 aromatic heterocycles. The second-order valence-corrected chi connectivity index (χ2v) is 8.40. The van der Waals surface area contributed by atoms with E-state index in [1.165, 1.54) is 11.3 Å². The summed E-state index contributed by atoms with van der Waals surface area (Å²) in [5, 5.41) is 3.89. The summed E-state index contributed by atoms with van der Waals surface area (Å²) < 4.78 is 5.97. The molecule has 7 heteroatoms. The van der Waals surface area contributed by atoms with Crippen LogP contribution in [0.1, 0.15) is 26.7 Å². The van der Waals surface area contributed by atoms with Gasteiger partial charge in [0.15, 0.2) is 0 Å². The predicted octanol–water partition coefficient (Wildman–Crippen LogP) is 5.26. The van der Waals surface area contributed by atoms with Crippen LogP contribution in [0.2, 0.25) is 4.34 Å². The average Bonchev–Trinajstić information content (AvgIpc) is 3.20. The Labute approximate surface area is 159 Å². The Morgan fingerprint density at radius 1 is 1.32 bits per heavy atom. The van der Waals surface area contributed by atoms with Gasteiger partial charge in [-0.1, -0.05) is 28.9 Å². The zero-order chi connectivity index (χ0) is 17.8. The van der Waals surface area contributed by atoms with Gasteiger partial charge in [-0.15, -0.1) is 23.1 Å². The maximum Gasteiger partial charge on any atom is 0.255 e. The quantitative estimate of drug-likeness (QED) is 0.536. The highest BCUT2D eigenvalue weighted by Gasteiger charge is 2.17. The van der Waals surface area contributed by atoms with Crippen molar-refractivity contribution in [3.8, 4) is 0 Å². The molecular weight excluding hydrogens is 376 g/mol. The van der Waals surface area contributed by atoms with E-state index < -0.39 is 0 Å². The number of aromatic nitrogens is 1. The van der Waals surface area contributed by atoms with Crippen molar-refractivity contribution >= 4 is 40.6 Å². The van der Waals surface area contributed by atoms with Crippen LogP contribution in [0.3, 0.4) is 0 Å². The highest BCUT2D eigenvalue weighted by Crippen LogP contribution is 2.28. The Bertz CT molecular complexity index is 875. The van der Waals surface area contributed by atoms with Crippen LogP contribution in [0.15, 0.2) is 51.9 Å². The van der Waals surface area contributed by atoms with E-state index in [2.05, 4.69) is 5.16 Å². The number of halogens is 1. The van der Waals surface area contributed by atoms with Gasteiger partial charge in [-0.05, 0) is 31.2 Å². The summed E-state index contributed by atoms with van der Waals surface area (Å²) in [6, 6.07) is 13.3. The Morgan fingerprint density at radius 2 is 2.12 bits per heavy atom. The molecule has 0 aliphatic carbocycles. The molecule has 0 bridgehead atoms. The fraction of sp³-hybridized carbons (Fsp3) is 0.222.